The van der Waals surface area contributed by atoms with Gasteiger partial charge in [-0.05, 0) is 92.6 Å². The molecule has 2 atom stereocenters. The third kappa shape index (κ3) is 4.82. The van der Waals surface area contributed by atoms with Gasteiger partial charge < -0.3 is 14.4 Å². The summed E-state index contributed by atoms with van der Waals surface area (Å²) < 4.78 is 37.4. The number of nitrogens with zero attached hydrogens (tertiary/aromatic N) is 4. The van der Waals surface area contributed by atoms with Crippen molar-refractivity contribution in [3.63, 3.8) is 0 Å². The lowest BCUT2D eigenvalue weighted by Crippen LogP contribution is -2.41. The van der Waals surface area contributed by atoms with Gasteiger partial charge in [0.15, 0.2) is 0 Å². The molecular formula is C34H40N4O4SSi. The number of rotatable bonds is 8. The van der Waals surface area contributed by atoms with Crippen LogP contribution in [-0.4, -0.2) is 46.5 Å². The molecule has 2 heterocycles. The first kappa shape index (κ1) is 30.4. The van der Waals surface area contributed by atoms with Crippen molar-refractivity contribution >= 4 is 40.0 Å². The first-order chi connectivity index (χ1) is 20.8. The van der Waals surface area contributed by atoms with Crippen molar-refractivity contribution in [1.29, 1.82) is 5.26 Å². The second-order valence-corrected chi connectivity index (χ2v) is 21.5. The van der Waals surface area contributed by atoms with Crippen molar-refractivity contribution in [2.75, 3.05) is 6.61 Å². The molecule has 0 aliphatic heterocycles. The van der Waals surface area contributed by atoms with E-state index in [-0.39, 0.29) is 18.1 Å². The van der Waals surface area contributed by atoms with Gasteiger partial charge in [0, 0.05) is 32.2 Å². The molecule has 6 rings (SSSR count). The average Bonchev–Trinajstić information content (AvgIpc) is 3.55. The Bertz CT molecular complexity index is 2020. The molecule has 2 aromatic carbocycles. The average molecular weight is 629 g/mol. The topological polar surface area (TPSA) is 110 Å². The van der Waals surface area contributed by atoms with Gasteiger partial charge >= 0.3 is 0 Å². The maximum atomic E-state index is 14.4. The first-order valence-electron chi connectivity index (χ1n) is 15.2. The SMILES string of the molecule is CC1=C(O)C=CCC1(C)S(=O)(=O)n1cc2c3c(ccc(C)c31)C(c1nc3ccc(C#N)cc3n1COCC[Si](C)(C)C)CC2. The Hall–Kier alpha value is -3.65. The van der Waals surface area contributed by atoms with Gasteiger partial charge in [-0.3, -0.25) is 0 Å². The monoisotopic (exact) mass is 628 g/mol. The zero-order valence-corrected chi connectivity index (χ0v) is 28.1. The third-order valence-corrected chi connectivity index (χ3v) is 13.6. The summed E-state index contributed by atoms with van der Waals surface area (Å²) in [5.41, 5.74) is 6.30. The number of nitriles is 1. The molecule has 0 saturated carbocycles. The number of benzene rings is 2. The Morgan fingerprint density at radius 2 is 1.98 bits per heavy atom. The number of hydrogen-bond donors (Lipinski definition) is 1. The van der Waals surface area contributed by atoms with E-state index in [0.29, 0.717) is 36.4 Å². The Labute approximate surface area is 260 Å². The molecule has 8 nitrogen and oxygen atoms in total. The Morgan fingerprint density at radius 3 is 2.70 bits per heavy atom. The fraction of sp³-hybridized carbons (Fsp3) is 0.412. The summed E-state index contributed by atoms with van der Waals surface area (Å²) in [7, 11) is -5.21. The number of aliphatic hydroxyl groups excluding tert-OH is 1. The second-order valence-electron chi connectivity index (χ2n) is 13.7. The van der Waals surface area contributed by atoms with Crippen molar-refractivity contribution in [3.8, 4) is 6.07 Å². The number of aliphatic hydroxyl groups is 1. The van der Waals surface area contributed by atoms with Gasteiger partial charge in [0.25, 0.3) is 0 Å². The number of fused-ring (bicyclic) bond motifs is 1. The smallest absolute Gasteiger partial charge is 0.248 e. The zero-order valence-electron chi connectivity index (χ0n) is 26.3. The van der Waals surface area contributed by atoms with E-state index in [9.17, 15) is 18.8 Å². The van der Waals surface area contributed by atoms with Crippen molar-refractivity contribution in [2.45, 2.75) is 83.1 Å². The molecule has 0 radical (unpaired) electrons. The van der Waals surface area contributed by atoms with Crippen LogP contribution in [0.4, 0.5) is 0 Å². The van der Waals surface area contributed by atoms with Crippen molar-refractivity contribution < 1.29 is 18.3 Å². The van der Waals surface area contributed by atoms with E-state index in [1.807, 2.05) is 25.1 Å². The van der Waals surface area contributed by atoms with Gasteiger partial charge in [-0.15, -0.1) is 0 Å². The molecule has 0 saturated heterocycles. The summed E-state index contributed by atoms with van der Waals surface area (Å²) in [5, 5.41) is 21.1. The highest BCUT2D eigenvalue weighted by Crippen LogP contribution is 2.45. The zero-order chi connectivity index (χ0) is 31.6. The molecule has 2 aromatic heterocycles. The van der Waals surface area contributed by atoms with Crippen LogP contribution in [0, 0.1) is 18.3 Å². The van der Waals surface area contributed by atoms with E-state index in [4.69, 9.17) is 9.72 Å². The molecule has 2 aliphatic carbocycles. The summed E-state index contributed by atoms with van der Waals surface area (Å²) in [5.74, 6) is 0.787. The summed E-state index contributed by atoms with van der Waals surface area (Å²) in [6.45, 7) is 13.3. The van der Waals surface area contributed by atoms with Gasteiger partial charge in [-0.1, -0.05) is 37.8 Å². The lowest BCUT2D eigenvalue weighted by Gasteiger charge is -2.32. The van der Waals surface area contributed by atoms with E-state index in [0.717, 1.165) is 51.4 Å². The van der Waals surface area contributed by atoms with E-state index in [2.05, 4.69) is 36.3 Å². The van der Waals surface area contributed by atoms with Crippen LogP contribution in [0.2, 0.25) is 25.7 Å². The second kappa shape index (κ2) is 10.8. The van der Waals surface area contributed by atoms with Crippen LogP contribution < -0.4 is 0 Å². The Balaban J connectivity index is 1.49. The third-order valence-electron chi connectivity index (χ3n) is 9.53. The van der Waals surface area contributed by atoms with Crippen LogP contribution in [0.1, 0.15) is 60.7 Å². The molecule has 2 aliphatic rings. The van der Waals surface area contributed by atoms with E-state index in [1.165, 1.54) is 3.97 Å². The van der Waals surface area contributed by atoms with E-state index >= 15 is 0 Å². The summed E-state index contributed by atoms with van der Waals surface area (Å²) >= 11 is 0. The Morgan fingerprint density at radius 1 is 1.20 bits per heavy atom. The van der Waals surface area contributed by atoms with Crippen LogP contribution in [0.3, 0.4) is 0 Å². The van der Waals surface area contributed by atoms with Crippen LogP contribution in [0.15, 0.2) is 60.0 Å². The van der Waals surface area contributed by atoms with E-state index < -0.39 is 22.8 Å². The molecule has 44 heavy (non-hydrogen) atoms. The standard InChI is InChI=1S/C34H40N4O4SSi/c1-22-9-12-26-27(33-36-28-14-10-24(19-35)18-29(28)37(33)21-42-16-17-44(4,5)6)13-11-25-20-38(32(22)31(25)26)43(40,41)34(3)15-7-8-30(39)23(34)2/h7-10,12,14,18,20,27,39H,11,13,15-17,21H2,1-6H3. The van der Waals surface area contributed by atoms with Crippen molar-refractivity contribution in [3.05, 3.63) is 88.1 Å². The quantitative estimate of drug-likeness (QED) is 0.162. The molecule has 0 bridgehead atoms. The maximum Gasteiger partial charge on any atom is 0.248 e. The highest BCUT2D eigenvalue weighted by molar-refractivity contribution is 7.91. The lowest BCUT2D eigenvalue weighted by atomic mass is 9.82. The molecule has 230 valence electrons. The molecule has 0 spiro atoms. The van der Waals surface area contributed by atoms with Gasteiger partial charge in [0.05, 0.1) is 28.2 Å². The minimum atomic E-state index is -3.94. The minimum absolute atomic E-state index is 0.00585. The lowest BCUT2D eigenvalue weighted by molar-refractivity contribution is 0.0873. The minimum Gasteiger partial charge on any atom is -0.508 e. The number of hydrogen-bond acceptors (Lipinski definition) is 6. The summed E-state index contributed by atoms with van der Waals surface area (Å²) in [6, 6.07) is 13.0. The Kier molecular flexibility index (Phi) is 7.42. The normalized spacial score (nSPS) is 20.5. The number of aryl methyl sites for hydroxylation is 2. The molecule has 10 heteroatoms. The number of imidazole rings is 1. The van der Waals surface area contributed by atoms with Gasteiger partial charge in [-0.25, -0.2) is 17.4 Å². The van der Waals surface area contributed by atoms with Crippen LogP contribution in [0.25, 0.3) is 21.9 Å². The van der Waals surface area contributed by atoms with Crippen molar-refractivity contribution in [1.82, 2.24) is 13.5 Å². The van der Waals surface area contributed by atoms with Gasteiger partial charge in [0.1, 0.15) is 23.1 Å². The van der Waals surface area contributed by atoms with E-state index in [1.54, 1.807) is 38.3 Å². The molecule has 2 unspecified atom stereocenters. The van der Waals surface area contributed by atoms with Crippen LogP contribution >= 0.6 is 0 Å². The molecular weight excluding hydrogens is 589 g/mol. The fourth-order valence-corrected chi connectivity index (χ4v) is 9.33. The van der Waals surface area contributed by atoms with Crippen LogP contribution in [-0.2, 0) is 27.9 Å². The number of aromatic nitrogens is 3. The van der Waals surface area contributed by atoms with Gasteiger partial charge in [0.2, 0.25) is 10.0 Å². The first-order valence-corrected chi connectivity index (χ1v) is 20.3. The number of allylic oxidation sites excluding steroid dienone is 2. The number of ether oxygens (including phenoxy) is 1. The predicted octanol–water partition coefficient (Wildman–Crippen LogP) is 7.29. The fourth-order valence-electron chi connectivity index (χ4n) is 6.60. The summed E-state index contributed by atoms with van der Waals surface area (Å²) in [4.78, 5) is 5.10. The predicted molar refractivity (Wildman–Crippen MR) is 177 cm³/mol. The molecule has 0 amide bonds. The highest BCUT2D eigenvalue weighted by atomic mass is 32.2. The van der Waals surface area contributed by atoms with Gasteiger partial charge in [-0.2, -0.15) is 5.26 Å². The summed E-state index contributed by atoms with van der Waals surface area (Å²) in [6.07, 6.45) is 6.84. The largest absolute Gasteiger partial charge is 0.508 e. The van der Waals surface area contributed by atoms with Crippen molar-refractivity contribution in [2.24, 2.45) is 0 Å². The van der Waals surface area contributed by atoms with Crippen LogP contribution in [0.5, 0.6) is 0 Å². The molecule has 4 aromatic rings. The maximum absolute atomic E-state index is 14.4. The highest BCUT2D eigenvalue weighted by Gasteiger charge is 2.45. The molecule has 0 fully saturated rings. The molecule has 1 N–H and O–H groups in total.